The van der Waals surface area contributed by atoms with Crippen molar-refractivity contribution in [2.24, 2.45) is 5.16 Å². The van der Waals surface area contributed by atoms with Crippen molar-refractivity contribution in [2.75, 3.05) is 5.32 Å². The number of halogens is 2. The van der Waals surface area contributed by atoms with Gasteiger partial charge in [0.05, 0.1) is 11.4 Å². The lowest BCUT2D eigenvalue weighted by molar-refractivity contribution is -0.125. The fourth-order valence-electron chi connectivity index (χ4n) is 2.19. The van der Waals surface area contributed by atoms with Crippen LogP contribution in [0, 0.1) is 0 Å². The van der Waals surface area contributed by atoms with E-state index in [4.69, 9.17) is 28.0 Å². The van der Waals surface area contributed by atoms with E-state index in [9.17, 15) is 9.90 Å². The summed E-state index contributed by atoms with van der Waals surface area (Å²) in [7, 11) is 0. The number of aromatic hydroxyl groups is 1. The highest BCUT2D eigenvalue weighted by Gasteiger charge is 2.30. The van der Waals surface area contributed by atoms with Crippen LogP contribution in [0.3, 0.4) is 0 Å². The molecule has 1 aliphatic rings. The van der Waals surface area contributed by atoms with E-state index in [2.05, 4.69) is 10.5 Å². The summed E-state index contributed by atoms with van der Waals surface area (Å²) in [5.41, 5.74) is 1.55. The Morgan fingerprint density at radius 2 is 2.04 bits per heavy atom. The fourth-order valence-corrected chi connectivity index (χ4v) is 2.61. The van der Waals surface area contributed by atoms with Gasteiger partial charge in [0.2, 0.25) is 6.10 Å². The number of phenolic OH excluding ortho intramolecular Hbond substituents is 1. The molecule has 2 aromatic carbocycles. The van der Waals surface area contributed by atoms with Crippen molar-refractivity contribution in [1.29, 1.82) is 0 Å². The minimum absolute atomic E-state index is 0.0759. The quantitative estimate of drug-likeness (QED) is 0.826. The summed E-state index contributed by atoms with van der Waals surface area (Å²) in [6.07, 6.45) is -0.503. The highest BCUT2D eigenvalue weighted by Crippen LogP contribution is 2.28. The van der Waals surface area contributed by atoms with Gasteiger partial charge < -0.3 is 15.3 Å². The number of carbonyl (C=O) groups excluding carboxylic acids is 1. The number of rotatable bonds is 3. The predicted molar refractivity (Wildman–Crippen MR) is 89.2 cm³/mol. The molecule has 0 fully saturated rings. The number of hydrogen-bond donors (Lipinski definition) is 2. The number of nitrogens with zero attached hydrogens (tertiary/aromatic N) is 1. The summed E-state index contributed by atoms with van der Waals surface area (Å²) < 4.78 is 0. The first-order valence-electron chi connectivity index (χ1n) is 6.81. The number of carbonyl (C=O) groups is 1. The molecule has 5 nitrogen and oxygen atoms in total. The van der Waals surface area contributed by atoms with Crippen molar-refractivity contribution in [2.45, 2.75) is 12.5 Å². The third kappa shape index (κ3) is 3.41. The minimum Gasteiger partial charge on any atom is -0.506 e. The topological polar surface area (TPSA) is 70.9 Å². The van der Waals surface area contributed by atoms with Crippen LogP contribution in [0.1, 0.15) is 12.0 Å². The van der Waals surface area contributed by atoms with Gasteiger partial charge >= 0.3 is 0 Å². The Morgan fingerprint density at radius 3 is 2.83 bits per heavy atom. The molecule has 1 aliphatic heterocycles. The molecule has 0 saturated carbocycles. The van der Waals surface area contributed by atoms with Crippen LogP contribution in [0.5, 0.6) is 5.75 Å². The van der Waals surface area contributed by atoms with Crippen molar-refractivity contribution < 1.29 is 14.7 Å². The van der Waals surface area contributed by atoms with Gasteiger partial charge in [0, 0.05) is 22.0 Å². The summed E-state index contributed by atoms with van der Waals surface area (Å²) >= 11 is 12.0. The Hall–Kier alpha value is -2.24. The Bertz CT molecular complexity index is 793. The Kier molecular flexibility index (Phi) is 4.41. The molecule has 0 aliphatic carbocycles. The zero-order valence-corrected chi connectivity index (χ0v) is 13.3. The molecule has 118 valence electrons. The molecule has 1 atom stereocenters. The monoisotopic (exact) mass is 350 g/mol. The van der Waals surface area contributed by atoms with Gasteiger partial charge in [-0.3, -0.25) is 4.79 Å². The number of nitrogens with one attached hydrogen (secondary N) is 1. The van der Waals surface area contributed by atoms with Gasteiger partial charge in [0.25, 0.3) is 5.91 Å². The Balaban J connectivity index is 1.69. The second-order valence-electron chi connectivity index (χ2n) is 4.97. The van der Waals surface area contributed by atoms with Crippen LogP contribution >= 0.6 is 23.2 Å². The summed E-state index contributed by atoms with van der Waals surface area (Å²) in [6.45, 7) is 0. The van der Waals surface area contributed by atoms with Crippen LogP contribution in [-0.4, -0.2) is 22.8 Å². The van der Waals surface area contributed by atoms with Gasteiger partial charge in [-0.15, -0.1) is 0 Å². The molecular formula is C16H12Cl2N2O3. The third-order valence-electron chi connectivity index (χ3n) is 3.36. The van der Waals surface area contributed by atoms with Crippen LogP contribution in [0.25, 0.3) is 0 Å². The summed E-state index contributed by atoms with van der Waals surface area (Å²) in [5.74, 6) is -0.499. The van der Waals surface area contributed by atoms with E-state index < -0.39 is 12.0 Å². The highest BCUT2D eigenvalue weighted by molar-refractivity contribution is 6.34. The van der Waals surface area contributed by atoms with Gasteiger partial charge in [-0.05, 0) is 24.3 Å². The Labute approximate surface area is 142 Å². The molecule has 7 heteroatoms. The molecule has 1 amide bonds. The maximum Gasteiger partial charge on any atom is 0.268 e. The summed E-state index contributed by atoms with van der Waals surface area (Å²) in [5, 5.41) is 17.2. The smallest absolute Gasteiger partial charge is 0.268 e. The van der Waals surface area contributed by atoms with E-state index in [1.807, 2.05) is 18.2 Å². The van der Waals surface area contributed by atoms with Crippen LogP contribution in [-0.2, 0) is 9.63 Å². The van der Waals surface area contributed by atoms with Crippen molar-refractivity contribution in [3.8, 4) is 5.75 Å². The zero-order valence-electron chi connectivity index (χ0n) is 11.8. The van der Waals surface area contributed by atoms with E-state index in [0.29, 0.717) is 15.8 Å². The first kappa shape index (κ1) is 15.6. The van der Waals surface area contributed by atoms with Gasteiger partial charge in [0.15, 0.2) is 0 Å². The molecule has 0 saturated heterocycles. The van der Waals surface area contributed by atoms with Crippen LogP contribution in [0.2, 0.25) is 10.0 Å². The summed E-state index contributed by atoms with van der Waals surface area (Å²) in [6, 6.07) is 11.6. The number of amides is 1. The van der Waals surface area contributed by atoms with Gasteiger partial charge in [0.1, 0.15) is 5.75 Å². The number of benzene rings is 2. The number of phenols is 1. The molecule has 2 aromatic rings. The van der Waals surface area contributed by atoms with Crippen molar-refractivity contribution in [3.63, 3.8) is 0 Å². The van der Waals surface area contributed by atoms with Crippen LogP contribution in [0.4, 0.5) is 5.69 Å². The first-order chi connectivity index (χ1) is 11.0. The summed E-state index contributed by atoms with van der Waals surface area (Å²) in [4.78, 5) is 17.4. The molecule has 2 N–H and O–H groups in total. The van der Waals surface area contributed by atoms with E-state index in [1.165, 1.54) is 18.2 Å². The van der Waals surface area contributed by atoms with E-state index >= 15 is 0 Å². The van der Waals surface area contributed by atoms with Crippen molar-refractivity contribution in [3.05, 3.63) is 58.1 Å². The fraction of sp³-hybridized carbons (Fsp3) is 0.125. The molecule has 3 rings (SSSR count). The van der Waals surface area contributed by atoms with Gasteiger partial charge in [-0.2, -0.15) is 0 Å². The average Bonchev–Trinajstić information content (AvgIpc) is 3.01. The lowest BCUT2D eigenvalue weighted by atomic mass is 10.0. The molecule has 0 spiro atoms. The average molecular weight is 351 g/mol. The number of anilines is 1. The number of hydrogen-bond acceptors (Lipinski definition) is 4. The van der Waals surface area contributed by atoms with Gasteiger partial charge in [-0.1, -0.05) is 46.6 Å². The largest absolute Gasteiger partial charge is 0.506 e. The molecule has 0 aromatic heterocycles. The second-order valence-corrected chi connectivity index (χ2v) is 5.81. The SMILES string of the molecule is O=C(Nc1cc(Cl)ccc1O)[C@@H]1CC(c2ccccc2Cl)=NO1. The Morgan fingerprint density at radius 1 is 1.26 bits per heavy atom. The number of oxime groups is 1. The highest BCUT2D eigenvalue weighted by atomic mass is 35.5. The molecule has 0 bridgehead atoms. The van der Waals surface area contributed by atoms with E-state index in [0.717, 1.165) is 5.56 Å². The normalized spacial score (nSPS) is 16.6. The first-order valence-corrected chi connectivity index (χ1v) is 7.57. The third-order valence-corrected chi connectivity index (χ3v) is 3.93. The van der Waals surface area contributed by atoms with E-state index in [1.54, 1.807) is 6.07 Å². The lowest BCUT2D eigenvalue weighted by Gasteiger charge is -2.11. The molecule has 0 unspecified atom stereocenters. The van der Waals surface area contributed by atoms with Crippen LogP contribution in [0.15, 0.2) is 47.6 Å². The van der Waals surface area contributed by atoms with Crippen molar-refractivity contribution >= 4 is 40.5 Å². The zero-order chi connectivity index (χ0) is 16.4. The van der Waals surface area contributed by atoms with Gasteiger partial charge in [-0.25, -0.2) is 0 Å². The minimum atomic E-state index is -0.792. The van der Waals surface area contributed by atoms with Crippen molar-refractivity contribution in [1.82, 2.24) is 0 Å². The second kappa shape index (κ2) is 6.48. The van der Waals surface area contributed by atoms with Crippen LogP contribution < -0.4 is 5.32 Å². The maximum absolute atomic E-state index is 12.2. The standard InChI is InChI=1S/C16H12Cl2N2O3/c17-9-5-6-14(21)13(7-9)19-16(22)15-8-12(20-23-15)10-3-1-2-4-11(10)18/h1-7,15,21H,8H2,(H,19,22)/t15-/m0/s1. The molecule has 0 radical (unpaired) electrons. The maximum atomic E-state index is 12.2. The molecular weight excluding hydrogens is 339 g/mol. The predicted octanol–water partition coefficient (Wildman–Crippen LogP) is 3.83. The lowest BCUT2D eigenvalue weighted by Crippen LogP contribution is -2.28. The molecule has 23 heavy (non-hydrogen) atoms. The molecule has 1 heterocycles. The van der Waals surface area contributed by atoms with E-state index in [-0.39, 0.29) is 17.9 Å².